The number of nitrogens with two attached hydrogens (primary N) is 1. The first-order valence-corrected chi connectivity index (χ1v) is 10.2. The Morgan fingerprint density at radius 2 is 1.70 bits per heavy atom. The van der Waals surface area contributed by atoms with Crippen LogP contribution in [-0.4, -0.2) is 66.3 Å². The smallest absolute Gasteiger partial charge is 0.227 e. The first-order valence-electron chi connectivity index (χ1n) is 10.2. The van der Waals surface area contributed by atoms with Gasteiger partial charge in [-0.2, -0.15) is 0 Å². The Morgan fingerprint density at radius 1 is 0.926 bits per heavy atom. The molecule has 0 aromatic carbocycles. The van der Waals surface area contributed by atoms with E-state index in [9.17, 15) is 14.4 Å². The summed E-state index contributed by atoms with van der Waals surface area (Å²) in [7, 11) is 0. The molecule has 2 aliphatic heterocycles. The normalized spacial score (nSPS) is 25.5. The largest absolute Gasteiger partial charge is 0.354 e. The summed E-state index contributed by atoms with van der Waals surface area (Å²) in [6, 6.07) is 0.0625. The minimum Gasteiger partial charge on any atom is -0.354 e. The monoisotopic (exact) mass is 400 g/mol. The highest BCUT2D eigenvalue weighted by Crippen LogP contribution is 2.33. The van der Waals surface area contributed by atoms with Crippen molar-refractivity contribution < 1.29 is 14.4 Å². The van der Waals surface area contributed by atoms with Gasteiger partial charge in [-0.15, -0.1) is 12.4 Å². The second kappa shape index (κ2) is 10.3. The van der Waals surface area contributed by atoms with Crippen LogP contribution < -0.4 is 11.1 Å². The molecule has 0 spiro atoms. The minimum absolute atomic E-state index is 0. The van der Waals surface area contributed by atoms with Crippen molar-refractivity contribution in [3.05, 3.63) is 0 Å². The molecule has 0 aromatic heterocycles. The van der Waals surface area contributed by atoms with Crippen LogP contribution in [0, 0.1) is 11.8 Å². The molecule has 0 radical (unpaired) electrons. The Bertz CT molecular complexity index is 541. The third-order valence-corrected chi connectivity index (χ3v) is 5.83. The van der Waals surface area contributed by atoms with Crippen molar-refractivity contribution in [3.8, 4) is 0 Å². The van der Waals surface area contributed by atoms with E-state index < -0.39 is 0 Å². The summed E-state index contributed by atoms with van der Waals surface area (Å²) in [5.41, 5.74) is 5.42. The van der Waals surface area contributed by atoms with E-state index in [-0.39, 0.29) is 48.0 Å². The van der Waals surface area contributed by atoms with Gasteiger partial charge in [-0.3, -0.25) is 14.4 Å². The summed E-state index contributed by atoms with van der Waals surface area (Å²) in [6.07, 6.45) is 7.11. The van der Waals surface area contributed by atoms with Gasteiger partial charge in [0.05, 0.1) is 5.92 Å². The molecule has 0 bridgehead atoms. The summed E-state index contributed by atoms with van der Waals surface area (Å²) < 4.78 is 0. The molecule has 8 heteroatoms. The fourth-order valence-corrected chi connectivity index (χ4v) is 4.16. The number of piperidine rings is 2. The summed E-state index contributed by atoms with van der Waals surface area (Å²) in [6.45, 7) is 2.95. The van der Waals surface area contributed by atoms with Gasteiger partial charge in [-0.1, -0.05) is 0 Å². The van der Waals surface area contributed by atoms with Crippen molar-refractivity contribution in [1.29, 1.82) is 0 Å². The molecule has 7 nitrogen and oxygen atoms in total. The van der Waals surface area contributed by atoms with E-state index in [2.05, 4.69) is 5.32 Å². The molecular weight excluding hydrogens is 368 g/mol. The second-order valence-electron chi connectivity index (χ2n) is 7.92. The predicted molar refractivity (Wildman–Crippen MR) is 105 cm³/mol. The molecule has 0 aromatic rings. The van der Waals surface area contributed by atoms with Gasteiger partial charge < -0.3 is 20.9 Å². The molecule has 154 valence electrons. The zero-order chi connectivity index (χ0) is 18.5. The van der Waals surface area contributed by atoms with Crippen LogP contribution in [0.3, 0.4) is 0 Å². The quantitative estimate of drug-likeness (QED) is 0.692. The number of hydrogen-bond donors (Lipinski definition) is 2. The van der Waals surface area contributed by atoms with Gasteiger partial charge in [-0.05, 0) is 44.9 Å². The second-order valence-corrected chi connectivity index (χ2v) is 7.92. The molecule has 1 saturated carbocycles. The van der Waals surface area contributed by atoms with E-state index in [0.717, 1.165) is 58.0 Å². The lowest BCUT2D eigenvalue weighted by Crippen LogP contribution is -2.54. The summed E-state index contributed by atoms with van der Waals surface area (Å²) in [5, 5.41) is 2.91. The predicted octanol–water partition coefficient (Wildman–Crippen LogP) is 0.903. The molecule has 3 fully saturated rings. The maximum absolute atomic E-state index is 13.1. The van der Waals surface area contributed by atoms with Crippen molar-refractivity contribution in [2.24, 2.45) is 17.6 Å². The topological polar surface area (TPSA) is 95.7 Å². The number of carbonyl (C=O) groups is 3. The van der Waals surface area contributed by atoms with Crippen LogP contribution in [0.5, 0.6) is 0 Å². The van der Waals surface area contributed by atoms with Crippen molar-refractivity contribution in [3.63, 3.8) is 0 Å². The van der Waals surface area contributed by atoms with Gasteiger partial charge in [0.25, 0.3) is 0 Å². The van der Waals surface area contributed by atoms with Crippen LogP contribution in [0.4, 0.5) is 0 Å². The molecule has 2 atom stereocenters. The Kier molecular flexibility index (Phi) is 8.35. The lowest BCUT2D eigenvalue weighted by atomic mass is 9.93. The van der Waals surface area contributed by atoms with Crippen molar-refractivity contribution in [2.45, 2.75) is 57.4 Å². The van der Waals surface area contributed by atoms with Crippen molar-refractivity contribution in [1.82, 2.24) is 15.1 Å². The first-order chi connectivity index (χ1) is 12.6. The third kappa shape index (κ3) is 5.82. The van der Waals surface area contributed by atoms with E-state index in [1.54, 1.807) is 0 Å². The van der Waals surface area contributed by atoms with Gasteiger partial charge in [0.1, 0.15) is 0 Å². The zero-order valence-electron chi connectivity index (χ0n) is 16.0. The maximum Gasteiger partial charge on any atom is 0.227 e. The fourth-order valence-electron chi connectivity index (χ4n) is 4.16. The van der Waals surface area contributed by atoms with Crippen molar-refractivity contribution >= 4 is 30.1 Å². The van der Waals surface area contributed by atoms with E-state index in [1.165, 1.54) is 0 Å². The van der Waals surface area contributed by atoms with Crippen LogP contribution in [0.1, 0.15) is 51.4 Å². The van der Waals surface area contributed by atoms with Crippen molar-refractivity contribution in [2.75, 3.05) is 32.7 Å². The molecule has 3 amide bonds. The number of rotatable bonds is 6. The number of likely N-dealkylation sites (tertiary alicyclic amines) is 2. The molecule has 2 heterocycles. The van der Waals surface area contributed by atoms with Crippen LogP contribution in [0.2, 0.25) is 0 Å². The standard InChI is InChI=1S/C19H32N4O3.ClH/c20-9-8-17(24)21-12-16-5-1-2-11-23(16)19(26)15-4-3-10-22(13-15)18(25)14-6-7-14;/h14-16H,1-13,20H2,(H,21,24);1H. The number of amides is 3. The number of halogens is 1. The number of nitrogens with zero attached hydrogens (tertiary/aromatic N) is 2. The lowest BCUT2D eigenvalue weighted by molar-refractivity contribution is -0.144. The maximum atomic E-state index is 13.1. The number of carbonyl (C=O) groups excluding carboxylic acids is 3. The highest BCUT2D eigenvalue weighted by Gasteiger charge is 2.39. The van der Waals surface area contributed by atoms with Gasteiger partial charge in [0, 0.05) is 51.1 Å². The molecule has 27 heavy (non-hydrogen) atoms. The Hall–Kier alpha value is -1.34. The zero-order valence-corrected chi connectivity index (χ0v) is 16.8. The molecule has 2 unspecified atom stereocenters. The average molecular weight is 401 g/mol. The van der Waals surface area contributed by atoms with Crippen LogP contribution in [-0.2, 0) is 14.4 Å². The van der Waals surface area contributed by atoms with E-state index in [1.807, 2.05) is 9.80 Å². The Balaban J connectivity index is 0.00000261. The van der Waals surface area contributed by atoms with Gasteiger partial charge >= 0.3 is 0 Å². The van der Waals surface area contributed by atoms with Gasteiger partial charge in [-0.25, -0.2) is 0 Å². The molecule has 3 rings (SSSR count). The summed E-state index contributed by atoms with van der Waals surface area (Å²) >= 11 is 0. The SMILES string of the molecule is Cl.NCCC(=O)NCC1CCCCN1C(=O)C1CCCN(C(=O)C2CC2)C1. The molecular formula is C19H33ClN4O3. The highest BCUT2D eigenvalue weighted by molar-refractivity contribution is 5.85. The molecule has 3 aliphatic rings. The van der Waals surface area contributed by atoms with Gasteiger partial charge in [0.15, 0.2) is 0 Å². The summed E-state index contributed by atoms with van der Waals surface area (Å²) in [4.78, 5) is 41.1. The van der Waals surface area contributed by atoms with E-state index in [4.69, 9.17) is 5.73 Å². The number of nitrogens with one attached hydrogen (secondary N) is 1. The fraction of sp³-hybridized carbons (Fsp3) is 0.842. The molecule has 2 saturated heterocycles. The number of hydrogen-bond acceptors (Lipinski definition) is 4. The van der Waals surface area contributed by atoms with E-state index in [0.29, 0.717) is 26.1 Å². The van der Waals surface area contributed by atoms with Gasteiger partial charge in [0.2, 0.25) is 17.7 Å². The minimum atomic E-state index is -0.0909. The highest BCUT2D eigenvalue weighted by atomic mass is 35.5. The Labute approximate surface area is 167 Å². The first kappa shape index (κ1) is 22.0. The van der Waals surface area contributed by atoms with Crippen LogP contribution in [0.25, 0.3) is 0 Å². The summed E-state index contributed by atoms with van der Waals surface area (Å²) in [5.74, 6) is 0.475. The molecule has 1 aliphatic carbocycles. The van der Waals surface area contributed by atoms with Crippen LogP contribution >= 0.6 is 12.4 Å². The lowest BCUT2D eigenvalue weighted by Gasteiger charge is -2.40. The average Bonchev–Trinajstić information content (AvgIpc) is 3.51. The molecule has 3 N–H and O–H groups in total. The van der Waals surface area contributed by atoms with E-state index >= 15 is 0 Å². The van der Waals surface area contributed by atoms with Crippen LogP contribution in [0.15, 0.2) is 0 Å². The third-order valence-electron chi connectivity index (χ3n) is 5.83. The Morgan fingerprint density at radius 3 is 2.41 bits per heavy atom.